The Labute approximate surface area is 174 Å². The molecule has 0 bridgehead atoms. The molecule has 3 amide bonds. The van der Waals surface area contributed by atoms with Gasteiger partial charge in [0, 0.05) is 16.8 Å². The fourth-order valence-electron chi connectivity index (χ4n) is 3.15. The third kappa shape index (κ3) is 5.65. The van der Waals surface area contributed by atoms with E-state index in [-0.39, 0.29) is 18.4 Å². The maximum Gasteiger partial charge on any atom is 0.325 e. The summed E-state index contributed by atoms with van der Waals surface area (Å²) in [4.78, 5) is 28.9. The summed E-state index contributed by atoms with van der Waals surface area (Å²) in [5, 5.41) is 10.7. The van der Waals surface area contributed by atoms with E-state index in [1.165, 1.54) is 11.3 Å². The second kappa shape index (κ2) is 8.87. The Hall–Kier alpha value is -3.19. The van der Waals surface area contributed by atoms with Gasteiger partial charge in [-0.2, -0.15) is 0 Å². The molecule has 0 aliphatic rings. The molecule has 3 rings (SSSR count). The monoisotopic (exact) mass is 408 g/mol. The maximum absolute atomic E-state index is 12.4. The lowest BCUT2D eigenvalue weighted by atomic mass is 10.0. The molecule has 0 radical (unpaired) electrons. The zero-order valence-electron chi connectivity index (χ0n) is 16.9. The first-order valence-electron chi connectivity index (χ1n) is 9.27. The highest BCUT2D eigenvalue weighted by Crippen LogP contribution is 2.23. The van der Waals surface area contributed by atoms with Gasteiger partial charge in [0.05, 0.1) is 12.1 Å². The molecule has 3 N–H and O–H groups in total. The van der Waals surface area contributed by atoms with E-state index in [4.69, 9.17) is 0 Å². The van der Waals surface area contributed by atoms with Crippen LogP contribution in [0.4, 0.5) is 21.3 Å². The summed E-state index contributed by atoms with van der Waals surface area (Å²) in [7, 11) is 0. The highest BCUT2D eigenvalue weighted by atomic mass is 32.1. The first-order chi connectivity index (χ1) is 13.8. The smallest absolute Gasteiger partial charge is 0.325 e. The van der Waals surface area contributed by atoms with E-state index >= 15 is 0 Å². The minimum absolute atomic E-state index is 0.138. The molecule has 7 heteroatoms. The van der Waals surface area contributed by atoms with Gasteiger partial charge in [-0.3, -0.25) is 10.1 Å². The number of hydrogen-bond acceptors (Lipinski definition) is 4. The fourth-order valence-corrected chi connectivity index (χ4v) is 3.86. The van der Waals surface area contributed by atoms with Crippen LogP contribution in [-0.2, 0) is 11.2 Å². The van der Waals surface area contributed by atoms with Gasteiger partial charge in [0.1, 0.15) is 0 Å². The first kappa shape index (κ1) is 20.5. The minimum Gasteiger partial charge on any atom is -0.325 e. The van der Waals surface area contributed by atoms with Gasteiger partial charge in [-0.1, -0.05) is 29.8 Å². The summed E-state index contributed by atoms with van der Waals surface area (Å²) in [6.45, 7) is 7.95. The topological polar surface area (TPSA) is 83.1 Å². The second-order valence-electron chi connectivity index (χ2n) is 7.09. The number of urea groups is 1. The van der Waals surface area contributed by atoms with Gasteiger partial charge in [0.2, 0.25) is 5.91 Å². The van der Waals surface area contributed by atoms with Crippen molar-refractivity contribution in [2.75, 3.05) is 16.0 Å². The van der Waals surface area contributed by atoms with E-state index < -0.39 is 0 Å². The normalized spacial score (nSPS) is 10.5. The summed E-state index contributed by atoms with van der Waals surface area (Å²) < 4.78 is 0. The van der Waals surface area contributed by atoms with Crippen LogP contribution >= 0.6 is 11.3 Å². The molecule has 0 aliphatic carbocycles. The number of carbonyl (C=O) groups excluding carboxylic acids is 2. The number of aromatic nitrogens is 1. The van der Waals surface area contributed by atoms with Crippen molar-refractivity contribution in [2.24, 2.45) is 0 Å². The van der Waals surface area contributed by atoms with E-state index in [0.717, 1.165) is 27.9 Å². The number of rotatable bonds is 5. The van der Waals surface area contributed by atoms with Crippen LogP contribution in [0.5, 0.6) is 0 Å². The molecule has 0 aliphatic heterocycles. The van der Waals surface area contributed by atoms with E-state index in [1.807, 2.05) is 64.1 Å². The summed E-state index contributed by atoms with van der Waals surface area (Å²) in [5.74, 6) is -0.138. The fraction of sp³-hybridized carbons (Fsp3) is 0.227. The standard InChI is InChI=1S/C22H24N4O2S/c1-13-6-5-7-17(10-13)23-21(28)26-22-24-18(12-29-22)11-19(27)25-20-15(3)8-14(2)9-16(20)4/h5-10,12H,11H2,1-4H3,(H,25,27)(H2,23,24,26,28). The molecule has 1 aromatic heterocycles. The lowest BCUT2D eigenvalue weighted by Gasteiger charge is -2.12. The molecule has 29 heavy (non-hydrogen) atoms. The van der Waals surface area contributed by atoms with Gasteiger partial charge in [-0.05, 0) is 56.5 Å². The van der Waals surface area contributed by atoms with E-state index in [2.05, 4.69) is 20.9 Å². The Morgan fingerprint density at radius 1 is 0.931 bits per heavy atom. The number of hydrogen-bond donors (Lipinski definition) is 3. The average molecular weight is 409 g/mol. The number of amides is 3. The zero-order chi connectivity index (χ0) is 21.0. The molecule has 1 heterocycles. The van der Waals surface area contributed by atoms with Crippen LogP contribution in [0.1, 0.15) is 27.9 Å². The van der Waals surface area contributed by atoms with Gasteiger partial charge >= 0.3 is 6.03 Å². The molecule has 0 saturated heterocycles. The summed E-state index contributed by atoms with van der Waals surface area (Å²) >= 11 is 1.29. The summed E-state index contributed by atoms with van der Waals surface area (Å²) in [6, 6.07) is 11.3. The molecular formula is C22H24N4O2S. The van der Waals surface area contributed by atoms with Crippen LogP contribution < -0.4 is 16.0 Å². The lowest BCUT2D eigenvalue weighted by Crippen LogP contribution is -2.19. The Morgan fingerprint density at radius 3 is 2.34 bits per heavy atom. The SMILES string of the molecule is Cc1cccc(NC(=O)Nc2nc(CC(=O)Nc3c(C)cc(C)cc3C)cs2)c1. The summed E-state index contributed by atoms with van der Waals surface area (Å²) in [5.41, 5.74) is 6.45. The predicted molar refractivity (Wildman–Crippen MR) is 119 cm³/mol. The van der Waals surface area contributed by atoms with Crippen LogP contribution in [0.25, 0.3) is 0 Å². The molecule has 0 fully saturated rings. The van der Waals surface area contributed by atoms with Crippen LogP contribution in [-0.4, -0.2) is 16.9 Å². The van der Waals surface area contributed by atoms with E-state index in [9.17, 15) is 9.59 Å². The van der Waals surface area contributed by atoms with Crippen LogP contribution in [0.3, 0.4) is 0 Å². The molecule has 0 saturated carbocycles. The van der Waals surface area contributed by atoms with Gasteiger partial charge in [0.25, 0.3) is 0 Å². The van der Waals surface area contributed by atoms with Crippen molar-refractivity contribution in [3.8, 4) is 0 Å². The highest BCUT2D eigenvalue weighted by molar-refractivity contribution is 7.14. The third-order valence-corrected chi connectivity index (χ3v) is 5.14. The van der Waals surface area contributed by atoms with Gasteiger partial charge in [0.15, 0.2) is 5.13 Å². The first-order valence-corrected chi connectivity index (χ1v) is 10.1. The number of anilines is 3. The summed E-state index contributed by atoms with van der Waals surface area (Å²) in [6.07, 6.45) is 0.143. The Kier molecular flexibility index (Phi) is 6.29. The van der Waals surface area contributed by atoms with E-state index in [0.29, 0.717) is 16.5 Å². The van der Waals surface area contributed by atoms with Gasteiger partial charge in [-0.25, -0.2) is 9.78 Å². The average Bonchev–Trinajstić information content (AvgIpc) is 3.04. The molecule has 6 nitrogen and oxygen atoms in total. The molecule has 3 aromatic rings. The number of carbonyl (C=O) groups is 2. The predicted octanol–water partition coefficient (Wildman–Crippen LogP) is 5.20. The van der Waals surface area contributed by atoms with Gasteiger partial charge < -0.3 is 10.6 Å². The highest BCUT2D eigenvalue weighted by Gasteiger charge is 2.12. The maximum atomic E-state index is 12.4. The van der Waals surface area contributed by atoms with Crippen molar-refractivity contribution >= 4 is 39.8 Å². The lowest BCUT2D eigenvalue weighted by molar-refractivity contribution is -0.115. The van der Waals surface area contributed by atoms with Crippen molar-refractivity contribution < 1.29 is 9.59 Å². The molecule has 0 unspecified atom stereocenters. The largest absolute Gasteiger partial charge is 0.325 e. The van der Waals surface area contributed by atoms with Crippen molar-refractivity contribution in [3.05, 3.63) is 69.7 Å². The molecule has 150 valence electrons. The molecule has 0 spiro atoms. The Balaban J connectivity index is 1.57. The van der Waals surface area contributed by atoms with Crippen LogP contribution in [0.15, 0.2) is 41.8 Å². The number of nitrogens with one attached hydrogen (secondary N) is 3. The van der Waals surface area contributed by atoms with Crippen LogP contribution in [0, 0.1) is 27.7 Å². The number of benzene rings is 2. The van der Waals surface area contributed by atoms with Crippen molar-refractivity contribution in [1.29, 1.82) is 0 Å². The second-order valence-corrected chi connectivity index (χ2v) is 7.95. The van der Waals surface area contributed by atoms with Crippen molar-refractivity contribution in [2.45, 2.75) is 34.1 Å². The number of thiazole rings is 1. The Morgan fingerprint density at radius 2 is 1.66 bits per heavy atom. The van der Waals surface area contributed by atoms with E-state index in [1.54, 1.807) is 5.38 Å². The minimum atomic E-state index is -0.369. The van der Waals surface area contributed by atoms with Crippen molar-refractivity contribution in [1.82, 2.24) is 4.98 Å². The van der Waals surface area contributed by atoms with Crippen LogP contribution in [0.2, 0.25) is 0 Å². The number of nitrogens with zero attached hydrogens (tertiary/aromatic N) is 1. The Bertz CT molecular complexity index is 1040. The quantitative estimate of drug-likeness (QED) is 0.542. The molecule has 2 aromatic carbocycles. The van der Waals surface area contributed by atoms with Crippen molar-refractivity contribution in [3.63, 3.8) is 0 Å². The molecular weight excluding hydrogens is 384 g/mol. The zero-order valence-corrected chi connectivity index (χ0v) is 17.7. The molecule has 0 atom stereocenters. The third-order valence-electron chi connectivity index (χ3n) is 4.33. The van der Waals surface area contributed by atoms with Gasteiger partial charge in [-0.15, -0.1) is 11.3 Å². The number of aryl methyl sites for hydroxylation is 4.